The predicted octanol–water partition coefficient (Wildman–Crippen LogP) is 2.07. The Morgan fingerprint density at radius 1 is 1.15 bits per heavy atom. The molecule has 0 spiro atoms. The predicted molar refractivity (Wildman–Crippen MR) is 101 cm³/mol. The molecule has 150 valence electrons. The van der Waals surface area contributed by atoms with Crippen LogP contribution in [0.4, 0.5) is 5.00 Å². The lowest BCUT2D eigenvalue weighted by molar-refractivity contribution is -0.117. The normalized spacial score (nSPS) is 20.2. The van der Waals surface area contributed by atoms with Crippen molar-refractivity contribution in [2.45, 2.75) is 39.4 Å². The van der Waals surface area contributed by atoms with Gasteiger partial charge in [0.1, 0.15) is 9.88 Å². The first kappa shape index (κ1) is 21.3. The van der Waals surface area contributed by atoms with E-state index in [-0.39, 0.29) is 35.0 Å². The van der Waals surface area contributed by atoms with E-state index in [0.717, 1.165) is 24.4 Å². The molecule has 1 aliphatic heterocycles. The Morgan fingerprint density at radius 2 is 1.74 bits per heavy atom. The van der Waals surface area contributed by atoms with Gasteiger partial charge in [-0.25, -0.2) is 9.59 Å². The Kier molecular flexibility index (Phi) is 7.34. The van der Waals surface area contributed by atoms with Crippen molar-refractivity contribution in [2.24, 2.45) is 0 Å². The van der Waals surface area contributed by atoms with Crippen molar-refractivity contribution in [3.63, 3.8) is 0 Å². The van der Waals surface area contributed by atoms with Crippen LogP contribution in [0.25, 0.3) is 0 Å². The highest BCUT2D eigenvalue weighted by Crippen LogP contribution is 2.34. The van der Waals surface area contributed by atoms with E-state index in [1.807, 2.05) is 13.8 Å². The molecule has 1 aromatic rings. The van der Waals surface area contributed by atoms with Gasteiger partial charge in [0.2, 0.25) is 5.91 Å². The maximum Gasteiger partial charge on any atom is 0.348 e. The number of rotatable bonds is 6. The summed E-state index contributed by atoms with van der Waals surface area (Å²) in [5.41, 5.74) is 0.620. The Bertz CT molecular complexity index is 707. The summed E-state index contributed by atoms with van der Waals surface area (Å²) in [6.45, 7) is 7.78. The molecule has 0 unspecified atom stereocenters. The number of amides is 1. The molecule has 0 aliphatic carbocycles. The first-order valence-corrected chi connectivity index (χ1v) is 9.56. The first-order chi connectivity index (χ1) is 12.8. The lowest BCUT2D eigenvalue weighted by atomic mass is 10.1. The molecule has 0 aromatic carbocycles. The lowest BCUT2D eigenvalue weighted by Gasteiger charge is -2.35. The van der Waals surface area contributed by atoms with Crippen molar-refractivity contribution in [1.82, 2.24) is 4.90 Å². The van der Waals surface area contributed by atoms with Gasteiger partial charge < -0.3 is 19.5 Å². The topological polar surface area (TPSA) is 94.2 Å². The van der Waals surface area contributed by atoms with E-state index in [2.05, 4.69) is 10.2 Å². The third-order valence-corrected chi connectivity index (χ3v) is 5.50. The summed E-state index contributed by atoms with van der Waals surface area (Å²) in [5, 5.41) is 3.04. The second-order valence-electron chi connectivity index (χ2n) is 6.56. The van der Waals surface area contributed by atoms with Crippen molar-refractivity contribution in [3.8, 4) is 0 Å². The van der Waals surface area contributed by atoms with Crippen molar-refractivity contribution < 1.29 is 28.6 Å². The van der Waals surface area contributed by atoms with E-state index < -0.39 is 11.9 Å². The fraction of sp³-hybridized carbons (Fsp3) is 0.611. The molecule has 8 nitrogen and oxygen atoms in total. The van der Waals surface area contributed by atoms with E-state index in [0.29, 0.717) is 17.1 Å². The molecule has 27 heavy (non-hydrogen) atoms. The van der Waals surface area contributed by atoms with E-state index >= 15 is 0 Å². The van der Waals surface area contributed by atoms with Gasteiger partial charge in [0.15, 0.2) is 0 Å². The van der Waals surface area contributed by atoms with Gasteiger partial charge in [0.25, 0.3) is 0 Å². The third-order valence-electron chi connectivity index (χ3n) is 4.31. The second-order valence-corrected chi connectivity index (χ2v) is 7.58. The molecule has 9 heteroatoms. The lowest BCUT2D eigenvalue weighted by Crippen LogP contribution is -2.46. The Morgan fingerprint density at radius 3 is 2.30 bits per heavy atom. The number of morpholine rings is 1. The van der Waals surface area contributed by atoms with E-state index in [9.17, 15) is 14.4 Å². The molecule has 1 N–H and O–H groups in total. The van der Waals surface area contributed by atoms with Gasteiger partial charge in [-0.05, 0) is 26.3 Å². The van der Waals surface area contributed by atoms with Crippen LogP contribution in [0.3, 0.4) is 0 Å². The standard InChI is InChI=1S/C18H26N2O6S/c1-10-8-20(9-11(2)26-10)7-6-13(21)19-16-14(17(22)24-4)12(3)15(27-16)18(23)25-5/h10-11H,6-9H2,1-5H3,(H,19,21)/t10-,11-/m0/s1. The molecule has 1 aromatic heterocycles. The summed E-state index contributed by atoms with van der Waals surface area (Å²) in [6.07, 6.45) is 0.528. The van der Waals surface area contributed by atoms with Crippen LogP contribution in [-0.2, 0) is 19.0 Å². The zero-order chi connectivity index (χ0) is 20.1. The highest BCUT2D eigenvalue weighted by atomic mass is 32.1. The van der Waals surface area contributed by atoms with Crippen LogP contribution >= 0.6 is 11.3 Å². The number of ether oxygens (including phenoxy) is 3. The minimum Gasteiger partial charge on any atom is -0.465 e. The summed E-state index contributed by atoms with van der Waals surface area (Å²) < 4.78 is 15.2. The van der Waals surface area contributed by atoms with Crippen LogP contribution in [0.15, 0.2) is 0 Å². The highest BCUT2D eigenvalue weighted by Gasteiger charge is 2.27. The monoisotopic (exact) mass is 398 g/mol. The van der Waals surface area contributed by atoms with Gasteiger partial charge in [0, 0.05) is 26.1 Å². The maximum absolute atomic E-state index is 12.4. The molecule has 1 amide bonds. The maximum atomic E-state index is 12.4. The number of hydrogen-bond donors (Lipinski definition) is 1. The van der Waals surface area contributed by atoms with E-state index in [4.69, 9.17) is 14.2 Å². The molecule has 1 aliphatic rings. The zero-order valence-corrected chi connectivity index (χ0v) is 17.1. The minimum atomic E-state index is -0.606. The summed E-state index contributed by atoms with van der Waals surface area (Å²) in [6, 6.07) is 0. The first-order valence-electron chi connectivity index (χ1n) is 8.74. The molecule has 0 bridgehead atoms. The summed E-state index contributed by atoms with van der Waals surface area (Å²) in [4.78, 5) is 38.9. The van der Waals surface area contributed by atoms with Gasteiger partial charge in [-0.1, -0.05) is 0 Å². The second kappa shape index (κ2) is 9.29. The van der Waals surface area contributed by atoms with E-state index in [1.165, 1.54) is 14.2 Å². The smallest absolute Gasteiger partial charge is 0.348 e. The summed E-state index contributed by atoms with van der Waals surface area (Å²) >= 11 is 1.01. The number of carbonyl (C=O) groups excluding carboxylic acids is 3. The van der Waals surface area contributed by atoms with Gasteiger partial charge >= 0.3 is 11.9 Å². The van der Waals surface area contributed by atoms with Crippen LogP contribution in [0, 0.1) is 6.92 Å². The van der Waals surface area contributed by atoms with Crippen molar-refractivity contribution >= 4 is 34.2 Å². The number of nitrogens with one attached hydrogen (secondary N) is 1. The summed E-state index contributed by atoms with van der Waals surface area (Å²) in [5.74, 6) is -1.39. The molecular weight excluding hydrogens is 372 g/mol. The number of carbonyl (C=O) groups is 3. The molecule has 2 rings (SSSR count). The Hall–Kier alpha value is -1.97. The van der Waals surface area contributed by atoms with Gasteiger partial charge in [-0.3, -0.25) is 9.69 Å². The molecule has 2 heterocycles. The fourth-order valence-electron chi connectivity index (χ4n) is 3.15. The van der Waals surface area contributed by atoms with Crippen molar-refractivity contribution in [3.05, 3.63) is 16.0 Å². The Balaban J connectivity index is 2.08. The fourth-order valence-corrected chi connectivity index (χ4v) is 4.28. The van der Waals surface area contributed by atoms with Crippen molar-refractivity contribution in [1.29, 1.82) is 0 Å². The highest BCUT2D eigenvalue weighted by molar-refractivity contribution is 7.18. The molecule has 1 saturated heterocycles. The van der Waals surface area contributed by atoms with Crippen LogP contribution in [-0.4, -0.2) is 68.8 Å². The van der Waals surface area contributed by atoms with Crippen LogP contribution in [0.5, 0.6) is 0 Å². The minimum absolute atomic E-state index is 0.130. The summed E-state index contributed by atoms with van der Waals surface area (Å²) in [7, 11) is 2.52. The largest absolute Gasteiger partial charge is 0.465 e. The SMILES string of the molecule is COC(=O)c1sc(NC(=O)CCN2C[C@H](C)O[C@@H](C)C2)c(C(=O)OC)c1C. The van der Waals surface area contributed by atoms with Gasteiger partial charge in [-0.15, -0.1) is 11.3 Å². The molecule has 1 fully saturated rings. The molecule has 2 atom stereocenters. The van der Waals surface area contributed by atoms with Gasteiger partial charge in [-0.2, -0.15) is 0 Å². The average molecular weight is 398 g/mol. The average Bonchev–Trinajstić information content (AvgIpc) is 2.94. The van der Waals surface area contributed by atoms with Gasteiger partial charge in [0.05, 0.1) is 32.0 Å². The number of methoxy groups -OCH3 is 2. The number of anilines is 1. The molecule has 0 radical (unpaired) electrons. The number of hydrogen-bond acceptors (Lipinski definition) is 8. The molecule has 0 saturated carbocycles. The molecular formula is C18H26N2O6S. The van der Waals surface area contributed by atoms with Crippen LogP contribution in [0.1, 0.15) is 45.9 Å². The Labute approximate surface area is 162 Å². The quantitative estimate of drug-likeness (QED) is 0.733. The van der Waals surface area contributed by atoms with Crippen LogP contribution in [0.2, 0.25) is 0 Å². The van der Waals surface area contributed by atoms with Crippen LogP contribution < -0.4 is 5.32 Å². The zero-order valence-electron chi connectivity index (χ0n) is 16.3. The number of thiophene rings is 1. The number of nitrogens with zero attached hydrogens (tertiary/aromatic N) is 1. The van der Waals surface area contributed by atoms with Crippen molar-refractivity contribution in [2.75, 3.05) is 39.2 Å². The third kappa shape index (κ3) is 5.27. The number of esters is 2. The van der Waals surface area contributed by atoms with E-state index in [1.54, 1.807) is 6.92 Å².